The van der Waals surface area contributed by atoms with Crippen LogP contribution in [0.15, 0.2) is 0 Å². The van der Waals surface area contributed by atoms with Crippen LogP contribution in [-0.2, 0) is 19.6 Å². The summed E-state index contributed by atoms with van der Waals surface area (Å²) in [7, 11) is -3.62. The van der Waals surface area contributed by atoms with Crippen LogP contribution < -0.4 is 10.0 Å². The molecule has 0 aromatic rings. The van der Waals surface area contributed by atoms with Crippen LogP contribution in [0.1, 0.15) is 40.0 Å². The van der Waals surface area contributed by atoms with Crippen LogP contribution in [0, 0.1) is 11.8 Å². The molecule has 1 aliphatic rings. The van der Waals surface area contributed by atoms with Gasteiger partial charge in [0.1, 0.15) is 6.04 Å². The fourth-order valence-corrected chi connectivity index (χ4v) is 3.23. The van der Waals surface area contributed by atoms with E-state index in [1.54, 1.807) is 13.8 Å². The molecule has 0 aromatic heterocycles. The highest BCUT2D eigenvalue weighted by Crippen LogP contribution is 2.26. The zero-order valence-electron chi connectivity index (χ0n) is 11.6. The molecule has 0 saturated heterocycles. The van der Waals surface area contributed by atoms with Crippen molar-refractivity contribution < 1.29 is 18.0 Å². The predicted octanol–water partition coefficient (Wildman–Crippen LogP) is 0.393. The Kier molecular flexibility index (Phi) is 5.34. The summed E-state index contributed by atoms with van der Waals surface area (Å²) in [6.45, 7) is 4.99. The molecule has 2 N–H and O–H groups in total. The van der Waals surface area contributed by atoms with Gasteiger partial charge in [0.25, 0.3) is 5.91 Å². The van der Waals surface area contributed by atoms with Crippen molar-refractivity contribution in [3.8, 4) is 0 Å². The number of amides is 2. The molecule has 0 spiro atoms. The zero-order valence-corrected chi connectivity index (χ0v) is 12.4. The molecule has 110 valence electrons. The molecule has 7 heteroatoms. The largest absolute Gasteiger partial charge is 0.344 e. The van der Waals surface area contributed by atoms with Gasteiger partial charge in [-0.3, -0.25) is 14.3 Å². The molecule has 1 atom stereocenters. The second-order valence-corrected chi connectivity index (χ2v) is 7.27. The molecule has 0 heterocycles. The maximum absolute atomic E-state index is 11.7. The Balaban J connectivity index is 2.45. The van der Waals surface area contributed by atoms with Gasteiger partial charge in [0.05, 0.1) is 5.75 Å². The fraction of sp³-hybridized carbons (Fsp3) is 0.833. The minimum atomic E-state index is -3.62. The number of hydrogen-bond acceptors (Lipinski definition) is 4. The normalized spacial score (nSPS) is 17.7. The summed E-state index contributed by atoms with van der Waals surface area (Å²) < 4.78 is 25.2. The van der Waals surface area contributed by atoms with Gasteiger partial charge in [0.2, 0.25) is 15.9 Å². The lowest BCUT2D eigenvalue weighted by Gasteiger charge is -2.25. The average molecular weight is 290 g/mol. The Labute approximate surface area is 114 Å². The molecule has 1 aliphatic carbocycles. The van der Waals surface area contributed by atoms with Gasteiger partial charge < -0.3 is 5.32 Å². The van der Waals surface area contributed by atoms with Crippen molar-refractivity contribution in [2.24, 2.45) is 11.8 Å². The van der Waals surface area contributed by atoms with E-state index in [1.807, 2.05) is 4.72 Å². The van der Waals surface area contributed by atoms with Gasteiger partial charge in [-0.25, -0.2) is 8.42 Å². The maximum Gasteiger partial charge on any atom is 0.255 e. The molecular weight excluding hydrogens is 268 g/mol. The van der Waals surface area contributed by atoms with Crippen LogP contribution in [0.25, 0.3) is 0 Å². The van der Waals surface area contributed by atoms with Crippen molar-refractivity contribution in [1.29, 1.82) is 0 Å². The average Bonchev–Trinajstić information content (AvgIpc) is 2.10. The Morgan fingerprint density at radius 2 is 1.79 bits per heavy atom. The van der Waals surface area contributed by atoms with Crippen LogP contribution in [-0.4, -0.2) is 32.0 Å². The summed E-state index contributed by atoms with van der Waals surface area (Å²) in [5, 5.41) is 2.54. The SMILES string of the molecule is CC(C)CS(=O)(=O)NC(=O)[C@H](C)NC(=O)C1CCC1. The third-order valence-corrected chi connectivity index (χ3v) is 4.65. The van der Waals surface area contributed by atoms with Crippen molar-refractivity contribution in [3.05, 3.63) is 0 Å². The van der Waals surface area contributed by atoms with E-state index in [0.29, 0.717) is 0 Å². The van der Waals surface area contributed by atoms with Crippen molar-refractivity contribution >= 4 is 21.8 Å². The lowest BCUT2D eigenvalue weighted by atomic mass is 9.84. The summed E-state index contributed by atoms with van der Waals surface area (Å²) in [5.74, 6) is -1.06. The summed E-state index contributed by atoms with van der Waals surface area (Å²) in [4.78, 5) is 23.3. The van der Waals surface area contributed by atoms with Crippen LogP contribution in [0.5, 0.6) is 0 Å². The monoisotopic (exact) mass is 290 g/mol. The highest BCUT2D eigenvalue weighted by Gasteiger charge is 2.28. The smallest absolute Gasteiger partial charge is 0.255 e. The van der Waals surface area contributed by atoms with E-state index < -0.39 is 22.0 Å². The second kappa shape index (κ2) is 6.36. The van der Waals surface area contributed by atoms with E-state index in [1.165, 1.54) is 6.92 Å². The molecule has 19 heavy (non-hydrogen) atoms. The van der Waals surface area contributed by atoms with Gasteiger partial charge in [-0.05, 0) is 25.7 Å². The third kappa shape index (κ3) is 5.18. The van der Waals surface area contributed by atoms with Gasteiger partial charge in [-0.1, -0.05) is 20.3 Å². The van der Waals surface area contributed by atoms with Gasteiger partial charge in [-0.15, -0.1) is 0 Å². The van der Waals surface area contributed by atoms with E-state index in [2.05, 4.69) is 5.32 Å². The molecule has 0 aliphatic heterocycles. The summed E-state index contributed by atoms with van der Waals surface area (Å²) in [5.41, 5.74) is 0. The molecule has 2 amide bonds. The standard InChI is InChI=1S/C12H22N2O4S/c1-8(2)7-19(17,18)14-11(15)9(3)13-12(16)10-5-4-6-10/h8-10H,4-7H2,1-3H3,(H,13,16)(H,14,15)/t9-/m0/s1. The summed E-state index contributed by atoms with van der Waals surface area (Å²) in [6, 6.07) is -0.838. The van der Waals surface area contributed by atoms with Crippen molar-refractivity contribution in [2.75, 3.05) is 5.75 Å². The number of carbonyl (C=O) groups excluding carboxylic acids is 2. The lowest BCUT2D eigenvalue weighted by molar-refractivity contribution is -0.131. The fourth-order valence-electron chi connectivity index (χ4n) is 1.79. The first-order valence-corrected chi connectivity index (χ1v) is 8.21. The number of sulfonamides is 1. The summed E-state index contributed by atoms with van der Waals surface area (Å²) in [6.07, 6.45) is 2.71. The van der Waals surface area contributed by atoms with Crippen molar-refractivity contribution in [3.63, 3.8) is 0 Å². The Bertz CT molecular complexity index is 441. The molecule has 1 saturated carbocycles. The zero-order chi connectivity index (χ0) is 14.6. The first kappa shape index (κ1) is 15.9. The Morgan fingerprint density at radius 1 is 1.21 bits per heavy atom. The number of rotatable bonds is 6. The maximum atomic E-state index is 11.7. The molecule has 6 nitrogen and oxygen atoms in total. The Hall–Kier alpha value is -1.11. The van der Waals surface area contributed by atoms with Gasteiger partial charge in [0, 0.05) is 5.92 Å². The molecule has 1 fully saturated rings. The molecule has 0 radical (unpaired) electrons. The number of nitrogens with one attached hydrogen (secondary N) is 2. The highest BCUT2D eigenvalue weighted by atomic mass is 32.2. The molecule has 0 bridgehead atoms. The van der Waals surface area contributed by atoms with Crippen LogP contribution in [0.2, 0.25) is 0 Å². The van der Waals surface area contributed by atoms with E-state index in [9.17, 15) is 18.0 Å². The van der Waals surface area contributed by atoms with E-state index >= 15 is 0 Å². The lowest BCUT2D eigenvalue weighted by Crippen LogP contribution is -2.49. The van der Waals surface area contributed by atoms with Gasteiger partial charge in [-0.2, -0.15) is 0 Å². The van der Waals surface area contributed by atoms with Gasteiger partial charge >= 0.3 is 0 Å². The van der Waals surface area contributed by atoms with Crippen LogP contribution in [0.4, 0.5) is 0 Å². The van der Waals surface area contributed by atoms with E-state index in [0.717, 1.165) is 19.3 Å². The molecule has 1 rings (SSSR count). The van der Waals surface area contributed by atoms with E-state index in [4.69, 9.17) is 0 Å². The first-order chi connectivity index (χ1) is 8.71. The summed E-state index contributed by atoms with van der Waals surface area (Å²) >= 11 is 0. The number of carbonyl (C=O) groups is 2. The van der Waals surface area contributed by atoms with E-state index in [-0.39, 0.29) is 23.5 Å². The minimum absolute atomic E-state index is 0.0254. The van der Waals surface area contributed by atoms with Crippen molar-refractivity contribution in [1.82, 2.24) is 10.0 Å². The second-order valence-electron chi connectivity index (χ2n) is 5.50. The minimum Gasteiger partial charge on any atom is -0.344 e. The molecule has 0 unspecified atom stereocenters. The van der Waals surface area contributed by atoms with Crippen molar-refractivity contribution in [2.45, 2.75) is 46.1 Å². The van der Waals surface area contributed by atoms with Gasteiger partial charge in [0.15, 0.2) is 0 Å². The highest BCUT2D eigenvalue weighted by molar-refractivity contribution is 7.90. The quantitative estimate of drug-likeness (QED) is 0.740. The first-order valence-electron chi connectivity index (χ1n) is 6.56. The molecular formula is C12H22N2O4S. The third-order valence-electron chi connectivity index (χ3n) is 3.04. The molecule has 0 aromatic carbocycles. The van der Waals surface area contributed by atoms with Crippen LogP contribution >= 0.6 is 0 Å². The predicted molar refractivity (Wildman–Crippen MR) is 71.7 cm³/mol. The Morgan fingerprint density at radius 3 is 2.21 bits per heavy atom. The number of hydrogen-bond donors (Lipinski definition) is 2. The topological polar surface area (TPSA) is 92.3 Å². The van der Waals surface area contributed by atoms with Crippen LogP contribution in [0.3, 0.4) is 0 Å².